The number of rotatable bonds is 4. The lowest BCUT2D eigenvalue weighted by atomic mass is 10.2. The summed E-state index contributed by atoms with van der Waals surface area (Å²) in [7, 11) is 1.85. The van der Waals surface area contributed by atoms with E-state index in [1.807, 2.05) is 13.2 Å². The van der Waals surface area contributed by atoms with Crippen molar-refractivity contribution in [2.24, 2.45) is 4.99 Å². The van der Waals surface area contributed by atoms with Crippen molar-refractivity contribution >= 4 is 41.4 Å². The average Bonchev–Trinajstić information content (AvgIpc) is 3.19. The van der Waals surface area contributed by atoms with Crippen molar-refractivity contribution < 1.29 is 0 Å². The van der Waals surface area contributed by atoms with E-state index in [0.717, 1.165) is 64.0 Å². The van der Waals surface area contributed by atoms with Crippen LogP contribution < -0.4 is 15.1 Å². The third-order valence-corrected chi connectivity index (χ3v) is 5.76. The van der Waals surface area contributed by atoms with E-state index >= 15 is 0 Å². The van der Waals surface area contributed by atoms with Gasteiger partial charge in [-0.05, 0) is 36.2 Å². The van der Waals surface area contributed by atoms with Gasteiger partial charge in [-0.15, -0.1) is 24.0 Å². The Labute approximate surface area is 191 Å². The van der Waals surface area contributed by atoms with E-state index in [4.69, 9.17) is 4.98 Å². The quantitative estimate of drug-likeness (QED) is 0.393. The number of guanidine groups is 1. The first-order valence-corrected chi connectivity index (χ1v) is 10.3. The highest BCUT2D eigenvalue weighted by atomic mass is 127. The number of fused-ring (bicyclic) bond motifs is 1. The number of aliphatic imine (C=N–C) groups is 1. The molecule has 2 aliphatic heterocycles. The van der Waals surface area contributed by atoms with Gasteiger partial charge in [0.25, 0.3) is 0 Å². The van der Waals surface area contributed by atoms with Crippen molar-refractivity contribution in [1.29, 1.82) is 0 Å². The maximum absolute atomic E-state index is 4.70. The Balaban J connectivity index is 0.00000240. The van der Waals surface area contributed by atoms with Crippen molar-refractivity contribution in [1.82, 2.24) is 15.2 Å². The summed E-state index contributed by atoms with van der Waals surface area (Å²) in [6.07, 6.45) is 3.05. The largest absolute Gasteiger partial charge is 0.354 e. The van der Waals surface area contributed by atoms with Crippen molar-refractivity contribution in [3.63, 3.8) is 0 Å². The van der Waals surface area contributed by atoms with Gasteiger partial charge in [0.1, 0.15) is 5.82 Å². The lowest BCUT2D eigenvalue weighted by Crippen LogP contribution is -2.46. The summed E-state index contributed by atoms with van der Waals surface area (Å²) in [6.45, 7) is 9.41. The highest BCUT2D eigenvalue weighted by Crippen LogP contribution is 2.27. The van der Waals surface area contributed by atoms with Crippen molar-refractivity contribution in [3.8, 4) is 0 Å². The maximum atomic E-state index is 4.70. The smallest absolute Gasteiger partial charge is 0.198 e. The van der Waals surface area contributed by atoms with E-state index in [0.29, 0.717) is 0 Å². The second-order valence-electron chi connectivity index (χ2n) is 7.38. The minimum Gasteiger partial charge on any atom is -0.354 e. The second-order valence-corrected chi connectivity index (χ2v) is 7.38. The monoisotopic (exact) mass is 506 g/mol. The van der Waals surface area contributed by atoms with E-state index in [9.17, 15) is 0 Å². The number of hydrogen-bond acceptors (Lipinski definition) is 4. The number of likely N-dealkylation sites (N-methyl/N-ethyl adjacent to an activating group) is 1. The van der Waals surface area contributed by atoms with Gasteiger partial charge in [0.15, 0.2) is 5.96 Å². The van der Waals surface area contributed by atoms with Crippen LogP contribution in [0.15, 0.2) is 47.6 Å². The molecule has 2 aliphatic rings. The number of pyridine rings is 1. The van der Waals surface area contributed by atoms with E-state index in [1.54, 1.807) is 0 Å². The van der Waals surface area contributed by atoms with Crippen LogP contribution in [0.2, 0.25) is 0 Å². The fourth-order valence-electron chi connectivity index (χ4n) is 4.04. The maximum Gasteiger partial charge on any atom is 0.198 e. The van der Waals surface area contributed by atoms with Gasteiger partial charge in [-0.1, -0.05) is 31.2 Å². The van der Waals surface area contributed by atoms with Crippen molar-refractivity contribution in [2.75, 3.05) is 56.1 Å². The van der Waals surface area contributed by atoms with Gasteiger partial charge in [0.05, 0.1) is 0 Å². The Bertz CT molecular complexity index is 814. The van der Waals surface area contributed by atoms with Gasteiger partial charge in [-0.3, -0.25) is 4.99 Å². The lowest BCUT2D eigenvalue weighted by molar-refractivity contribution is 0.270. The summed E-state index contributed by atoms with van der Waals surface area (Å²) in [4.78, 5) is 16.3. The Kier molecular flexibility index (Phi) is 7.71. The number of anilines is 2. The molecule has 0 saturated carbocycles. The van der Waals surface area contributed by atoms with Crippen LogP contribution >= 0.6 is 24.0 Å². The number of nitrogens with one attached hydrogen (secondary N) is 1. The standard InChI is InChI=1S/C22H30N6.HI/c1-3-26-12-14-27(15-13-26)21-9-8-18(16-24-21)17-25-22(23-2)28-11-10-19-6-4-5-7-20(19)28;/h4-9,16H,3,10-15,17H2,1-2H3,(H,23,25);1H. The molecule has 1 aromatic heterocycles. The second kappa shape index (κ2) is 10.2. The summed E-state index contributed by atoms with van der Waals surface area (Å²) in [6, 6.07) is 12.9. The topological polar surface area (TPSA) is 47.0 Å². The Morgan fingerprint density at radius 2 is 1.86 bits per heavy atom. The molecule has 3 heterocycles. The molecule has 1 aromatic carbocycles. The first-order valence-electron chi connectivity index (χ1n) is 10.3. The third-order valence-electron chi connectivity index (χ3n) is 5.76. The fourth-order valence-corrected chi connectivity index (χ4v) is 4.04. The number of para-hydroxylation sites is 1. The minimum atomic E-state index is 0. The number of benzene rings is 1. The fraction of sp³-hybridized carbons (Fsp3) is 0.455. The summed E-state index contributed by atoms with van der Waals surface area (Å²) < 4.78 is 0. The molecule has 0 aliphatic carbocycles. The van der Waals surface area contributed by atoms with Gasteiger partial charge in [0, 0.05) is 58.2 Å². The summed E-state index contributed by atoms with van der Waals surface area (Å²) in [5, 5.41) is 3.50. The van der Waals surface area contributed by atoms with Crippen molar-refractivity contribution in [2.45, 2.75) is 19.9 Å². The molecule has 1 saturated heterocycles. The molecule has 4 rings (SSSR count). The van der Waals surface area contributed by atoms with Crippen LogP contribution in [0.5, 0.6) is 0 Å². The summed E-state index contributed by atoms with van der Waals surface area (Å²) in [5.74, 6) is 2.00. The number of nitrogens with zero attached hydrogens (tertiary/aromatic N) is 5. The molecule has 0 radical (unpaired) electrons. The lowest BCUT2D eigenvalue weighted by Gasteiger charge is -2.34. The zero-order valence-electron chi connectivity index (χ0n) is 17.3. The highest BCUT2D eigenvalue weighted by Gasteiger charge is 2.22. The molecule has 0 unspecified atom stereocenters. The highest BCUT2D eigenvalue weighted by molar-refractivity contribution is 14.0. The van der Waals surface area contributed by atoms with Crippen LogP contribution in [0.3, 0.4) is 0 Å². The predicted octanol–water partition coefficient (Wildman–Crippen LogP) is 2.98. The molecule has 0 bridgehead atoms. The van der Waals surface area contributed by atoms with E-state index in [2.05, 4.69) is 68.3 Å². The molecule has 0 amide bonds. The van der Waals surface area contributed by atoms with Crippen LogP contribution in [0.4, 0.5) is 11.5 Å². The van der Waals surface area contributed by atoms with Crippen LogP contribution in [-0.2, 0) is 13.0 Å². The number of piperazine rings is 1. The predicted molar refractivity (Wildman–Crippen MR) is 132 cm³/mol. The van der Waals surface area contributed by atoms with Crippen LogP contribution in [-0.4, -0.2) is 62.2 Å². The van der Waals surface area contributed by atoms with E-state index in [1.165, 1.54) is 16.8 Å². The molecular weight excluding hydrogens is 475 g/mol. The summed E-state index contributed by atoms with van der Waals surface area (Å²) >= 11 is 0. The zero-order valence-corrected chi connectivity index (χ0v) is 19.7. The Morgan fingerprint density at radius 3 is 2.55 bits per heavy atom. The number of aromatic nitrogens is 1. The zero-order chi connectivity index (χ0) is 19.3. The van der Waals surface area contributed by atoms with E-state index < -0.39 is 0 Å². The molecule has 6 nitrogen and oxygen atoms in total. The van der Waals surface area contributed by atoms with Gasteiger partial charge in [-0.25, -0.2) is 4.98 Å². The SMILES string of the molecule is CCN1CCN(c2ccc(CNC(=NC)N3CCc4ccccc43)cn2)CC1.I. The third kappa shape index (κ3) is 5.01. The average molecular weight is 506 g/mol. The van der Waals surface area contributed by atoms with Crippen LogP contribution in [0, 0.1) is 0 Å². The number of halogens is 1. The van der Waals surface area contributed by atoms with Crippen LogP contribution in [0.25, 0.3) is 0 Å². The molecule has 0 atom stereocenters. The molecule has 1 fully saturated rings. The molecule has 7 heteroatoms. The van der Waals surface area contributed by atoms with Gasteiger partial charge in [0.2, 0.25) is 0 Å². The summed E-state index contributed by atoms with van der Waals surface area (Å²) in [5.41, 5.74) is 3.82. The first-order chi connectivity index (χ1) is 13.8. The Hall–Kier alpha value is -1.87. The molecule has 0 spiro atoms. The molecule has 156 valence electrons. The Morgan fingerprint density at radius 1 is 1.07 bits per heavy atom. The van der Waals surface area contributed by atoms with Gasteiger partial charge < -0.3 is 20.0 Å². The van der Waals surface area contributed by atoms with Crippen molar-refractivity contribution in [3.05, 3.63) is 53.7 Å². The van der Waals surface area contributed by atoms with Gasteiger partial charge in [-0.2, -0.15) is 0 Å². The van der Waals surface area contributed by atoms with Gasteiger partial charge >= 0.3 is 0 Å². The van der Waals surface area contributed by atoms with Crippen LogP contribution in [0.1, 0.15) is 18.1 Å². The normalized spacial score (nSPS) is 17.1. The molecule has 2 aromatic rings. The number of hydrogen-bond donors (Lipinski definition) is 1. The molecule has 1 N–H and O–H groups in total. The molecular formula is C22H31IN6. The first kappa shape index (κ1) is 21.8. The minimum absolute atomic E-state index is 0. The van der Waals surface area contributed by atoms with E-state index in [-0.39, 0.29) is 24.0 Å². The molecule has 29 heavy (non-hydrogen) atoms.